The number of rotatable bonds is 3. The molecule has 130 valence electrons. The maximum absolute atomic E-state index is 12.6. The molecule has 2 aromatic carbocycles. The highest BCUT2D eigenvalue weighted by atomic mass is 32.1. The van der Waals surface area contributed by atoms with E-state index in [9.17, 15) is 9.18 Å². The van der Waals surface area contributed by atoms with E-state index in [4.69, 9.17) is 15.7 Å². The molecule has 0 saturated heterocycles. The number of halogens is 1. The minimum Gasteiger partial charge on any atom is -0.462 e. The van der Waals surface area contributed by atoms with E-state index in [1.165, 1.54) is 23.5 Å². The second-order valence-electron chi connectivity index (χ2n) is 4.57. The molecule has 6 nitrogen and oxygen atoms in total. The summed E-state index contributed by atoms with van der Waals surface area (Å²) in [5, 5.41) is 8.98. The van der Waals surface area contributed by atoms with Crippen molar-refractivity contribution >= 4 is 38.3 Å². The Morgan fingerprint density at radius 3 is 2.71 bits per heavy atom. The van der Waals surface area contributed by atoms with Crippen molar-refractivity contribution in [3.05, 3.63) is 53.8 Å². The molecular weight excluding hydrogens is 333 g/mol. The van der Waals surface area contributed by atoms with E-state index < -0.39 is 0 Å². The minimum atomic E-state index is -0.355. The van der Waals surface area contributed by atoms with Crippen LogP contribution in [0, 0.1) is 5.82 Å². The van der Waals surface area contributed by atoms with Gasteiger partial charge in [-0.1, -0.05) is 11.3 Å². The number of benzene rings is 2. The zero-order chi connectivity index (χ0) is 17.5. The number of esters is 1. The number of carbonyl (C=O) groups excluding carboxylic acids is 1. The number of anilines is 2. The van der Waals surface area contributed by atoms with Crippen molar-refractivity contribution in [3.63, 3.8) is 0 Å². The minimum absolute atomic E-state index is 0. The van der Waals surface area contributed by atoms with Crippen LogP contribution >= 0.6 is 11.3 Å². The largest absolute Gasteiger partial charge is 0.462 e. The lowest BCUT2D eigenvalue weighted by molar-refractivity contribution is 0.0526. The fourth-order valence-corrected chi connectivity index (χ4v) is 2.57. The van der Waals surface area contributed by atoms with Gasteiger partial charge in [-0.2, -0.15) is 0 Å². The van der Waals surface area contributed by atoms with Crippen LogP contribution in [-0.4, -0.2) is 22.8 Å². The van der Waals surface area contributed by atoms with Gasteiger partial charge in [-0.05, 0) is 49.4 Å². The Labute approximate surface area is 144 Å². The molecule has 0 aliphatic carbocycles. The molecule has 0 atom stereocenters. The van der Waals surface area contributed by atoms with E-state index in [1.54, 1.807) is 37.3 Å². The number of hydrogen-bond acceptors (Lipinski definition) is 7. The molecule has 0 aliphatic heterocycles. The SMILES string of the molecule is CCOC(=O)c1ccc(NO)cc1.Nc1nc2ccc(F)cc2s1.[HH].[HH]. The van der Waals surface area contributed by atoms with Crippen LogP contribution in [0.4, 0.5) is 15.2 Å². The molecule has 1 aromatic heterocycles. The molecular formula is C16H20FN3O3S. The smallest absolute Gasteiger partial charge is 0.338 e. The molecule has 0 amide bonds. The normalized spacial score (nSPS) is 9.96. The summed E-state index contributed by atoms with van der Waals surface area (Å²) in [5.41, 5.74) is 9.17. The van der Waals surface area contributed by atoms with Crippen LogP contribution in [0.25, 0.3) is 10.2 Å². The Hall–Kier alpha value is -2.71. The lowest BCUT2D eigenvalue weighted by atomic mass is 10.2. The number of ether oxygens (including phenoxy) is 1. The number of nitrogens with one attached hydrogen (secondary N) is 1. The first-order chi connectivity index (χ1) is 11.5. The molecule has 0 fully saturated rings. The van der Waals surface area contributed by atoms with Crippen molar-refractivity contribution in [2.24, 2.45) is 0 Å². The summed E-state index contributed by atoms with van der Waals surface area (Å²) in [6.07, 6.45) is 0. The quantitative estimate of drug-likeness (QED) is 0.483. The highest BCUT2D eigenvalue weighted by Crippen LogP contribution is 2.23. The first-order valence-corrected chi connectivity index (χ1v) is 7.84. The number of carbonyl (C=O) groups is 1. The number of fused-ring (bicyclic) bond motifs is 1. The molecule has 0 bridgehead atoms. The maximum Gasteiger partial charge on any atom is 0.338 e. The second-order valence-corrected chi connectivity index (χ2v) is 5.64. The van der Waals surface area contributed by atoms with Gasteiger partial charge in [-0.3, -0.25) is 10.7 Å². The van der Waals surface area contributed by atoms with Crippen LogP contribution < -0.4 is 11.2 Å². The van der Waals surface area contributed by atoms with E-state index in [2.05, 4.69) is 4.98 Å². The van der Waals surface area contributed by atoms with Crippen LogP contribution in [0.5, 0.6) is 0 Å². The standard InChI is InChI=1S/C9H11NO3.C7H5FN2S.2H2/c1-2-13-9(11)7-3-5-8(10-12)6-4-7;8-4-1-2-5-6(3-4)11-7(9)10-5;;/h3-6,10,12H,2H2,1H3;1-3H,(H2,9,10);2*1H. The van der Waals surface area contributed by atoms with Gasteiger partial charge in [0.2, 0.25) is 0 Å². The van der Waals surface area contributed by atoms with Crippen molar-refractivity contribution in [3.8, 4) is 0 Å². The number of nitrogen functional groups attached to an aromatic ring is 1. The second kappa shape index (κ2) is 8.23. The highest BCUT2D eigenvalue weighted by molar-refractivity contribution is 7.22. The molecule has 3 rings (SSSR count). The van der Waals surface area contributed by atoms with Crippen molar-refractivity contribution < 1.29 is 22.0 Å². The number of nitrogens with zero attached hydrogens (tertiary/aromatic N) is 1. The average molecular weight is 353 g/mol. The zero-order valence-corrected chi connectivity index (χ0v) is 13.6. The van der Waals surface area contributed by atoms with Crippen LogP contribution in [0.15, 0.2) is 42.5 Å². The van der Waals surface area contributed by atoms with Gasteiger partial charge in [0.05, 0.1) is 28.1 Å². The van der Waals surface area contributed by atoms with E-state index in [0.29, 0.717) is 23.0 Å². The van der Waals surface area contributed by atoms with Gasteiger partial charge in [0.1, 0.15) is 5.82 Å². The summed E-state index contributed by atoms with van der Waals surface area (Å²) in [6, 6.07) is 10.8. The summed E-state index contributed by atoms with van der Waals surface area (Å²) in [7, 11) is 0. The Kier molecular flexibility index (Phi) is 6.05. The first-order valence-electron chi connectivity index (χ1n) is 7.02. The topological polar surface area (TPSA) is 97.5 Å². The van der Waals surface area contributed by atoms with E-state index in [0.717, 1.165) is 10.2 Å². The predicted molar refractivity (Wildman–Crippen MR) is 96.0 cm³/mol. The summed E-state index contributed by atoms with van der Waals surface area (Å²) < 4.78 is 18.2. The van der Waals surface area contributed by atoms with Crippen LogP contribution in [-0.2, 0) is 4.74 Å². The summed E-state index contributed by atoms with van der Waals surface area (Å²) in [4.78, 5) is 15.1. The molecule has 1 heterocycles. The van der Waals surface area contributed by atoms with Crippen molar-refractivity contribution in [1.82, 2.24) is 4.98 Å². The third kappa shape index (κ3) is 4.64. The third-order valence-corrected chi connectivity index (χ3v) is 3.74. The van der Waals surface area contributed by atoms with E-state index in [1.807, 2.05) is 5.48 Å². The zero-order valence-electron chi connectivity index (χ0n) is 12.8. The lowest BCUT2D eigenvalue weighted by Crippen LogP contribution is -2.04. The van der Waals surface area contributed by atoms with Gasteiger partial charge >= 0.3 is 5.97 Å². The van der Waals surface area contributed by atoms with Gasteiger partial charge in [-0.25, -0.2) is 14.2 Å². The molecule has 0 saturated carbocycles. The fourth-order valence-electron chi connectivity index (χ4n) is 1.81. The van der Waals surface area contributed by atoms with Crippen LogP contribution in [0.2, 0.25) is 0 Å². The number of nitrogens with two attached hydrogens (primary N) is 1. The van der Waals surface area contributed by atoms with Gasteiger partial charge in [0, 0.05) is 2.85 Å². The lowest BCUT2D eigenvalue weighted by Gasteiger charge is -2.02. The maximum atomic E-state index is 12.6. The molecule has 3 aromatic rings. The monoisotopic (exact) mass is 353 g/mol. The number of hydrogen-bond donors (Lipinski definition) is 3. The summed E-state index contributed by atoms with van der Waals surface area (Å²) in [5.74, 6) is -0.604. The number of aromatic nitrogens is 1. The van der Waals surface area contributed by atoms with Crippen molar-refractivity contribution in [2.75, 3.05) is 17.8 Å². The Morgan fingerprint density at radius 1 is 1.38 bits per heavy atom. The van der Waals surface area contributed by atoms with Crippen molar-refractivity contribution in [2.45, 2.75) is 6.92 Å². The van der Waals surface area contributed by atoms with Gasteiger partial charge in [-0.15, -0.1) is 0 Å². The van der Waals surface area contributed by atoms with Gasteiger partial charge < -0.3 is 10.5 Å². The Morgan fingerprint density at radius 2 is 2.08 bits per heavy atom. The van der Waals surface area contributed by atoms with Gasteiger partial charge in [0.15, 0.2) is 5.13 Å². The van der Waals surface area contributed by atoms with E-state index >= 15 is 0 Å². The fraction of sp³-hybridized carbons (Fsp3) is 0.125. The highest BCUT2D eigenvalue weighted by Gasteiger charge is 2.04. The van der Waals surface area contributed by atoms with Crippen molar-refractivity contribution in [1.29, 1.82) is 0 Å². The average Bonchev–Trinajstić information content (AvgIpc) is 2.95. The summed E-state index contributed by atoms with van der Waals surface area (Å²) in [6.45, 7) is 2.11. The molecule has 0 radical (unpaired) electrons. The molecule has 8 heteroatoms. The first kappa shape index (κ1) is 17.6. The predicted octanol–water partition coefficient (Wildman–Crippen LogP) is 4.17. The Balaban J connectivity index is 0.000000450. The van der Waals surface area contributed by atoms with E-state index in [-0.39, 0.29) is 14.6 Å². The third-order valence-electron chi connectivity index (χ3n) is 2.89. The summed E-state index contributed by atoms with van der Waals surface area (Å²) >= 11 is 1.29. The molecule has 0 aliphatic rings. The molecule has 24 heavy (non-hydrogen) atoms. The van der Waals surface area contributed by atoms with Crippen LogP contribution in [0.1, 0.15) is 20.1 Å². The molecule has 0 unspecified atom stereocenters. The Bertz CT molecular complexity index is 831. The molecule has 0 spiro atoms. The molecule has 4 N–H and O–H groups in total. The van der Waals surface area contributed by atoms with Gasteiger partial charge in [0.25, 0.3) is 0 Å². The van der Waals surface area contributed by atoms with Crippen LogP contribution in [0.3, 0.4) is 0 Å². The number of thiazole rings is 1.